The number of alkyl halides is 6. The monoisotopic (exact) mass is 375 g/mol. The van der Waals surface area contributed by atoms with Crippen molar-refractivity contribution >= 4 is 6.08 Å². The summed E-state index contributed by atoms with van der Waals surface area (Å²) in [5, 5.41) is 10.0. The van der Waals surface area contributed by atoms with Gasteiger partial charge in [0.15, 0.2) is 0 Å². The van der Waals surface area contributed by atoms with Crippen molar-refractivity contribution < 1.29 is 31.4 Å². The van der Waals surface area contributed by atoms with Gasteiger partial charge in [0, 0.05) is 0 Å². The van der Waals surface area contributed by atoms with Crippen LogP contribution in [-0.2, 0) is 12.4 Å². The van der Waals surface area contributed by atoms with Gasteiger partial charge in [0.25, 0.3) is 0 Å². The van der Waals surface area contributed by atoms with E-state index in [1.165, 1.54) is 0 Å². The highest BCUT2D eigenvalue weighted by Gasteiger charge is 2.36. The Morgan fingerprint density at radius 2 is 1.35 bits per heavy atom. The van der Waals surface area contributed by atoms with Crippen LogP contribution < -0.4 is 5.73 Å². The van der Waals surface area contributed by atoms with Gasteiger partial charge in [-0.05, 0) is 29.3 Å². The lowest BCUT2D eigenvalue weighted by Crippen LogP contribution is -2.24. The Balaban J connectivity index is 2.31. The molecule has 2 aromatic rings. The zero-order valence-corrected chi connectivity index (χ0v) is 13.2. The molecule has 0 aliphatic rings. The highest BCUT2D eigenvalue weighted by molar-refractivity contribution is 5.53. The number of benzene rings is 2. The third-order valence-electron chi connectivity index (χ3n) is 3.65. The number of nitrogens with two attached hydrogens (primary N) is 1. The predicted molar refractivity (Wildman–Crippen MR) is 84.9 cm³/mol. The summed E-state index contributed by atoms with van der Waals surface area (Å²) >= 11 is 0. The van der Waals surface area contributed by atoms with Crippen molar-refractivity contribution in [1.82, 2.24) is 0 Å². The van der Waals surface area contributed by atoms with Gasteiger partial charge in [0.1, 0.15) is 0 Å². The molecule has 2 aromatic carbocycles. The molecule has 0 radical (unpaired) electrons. The van der Waals surface area contributed by atoms with E-state index in [0.29, 0.717) is 17.7 Å². The molecule has 0 aliphatic heterocycles. The topological polar surface area (TPSA) is 46.2 Å². The maximum absolute atomic E-state index is 12.8. The SMILES string of the molecule is NC(c1ccccc1)C(O)C=Cc1cc(C(F)(F)F)cc(C(F)(F)F)c1. The van der Waals surface area contributed by atoms with E-state index in [1.54, 1.807) is 30.3 Å². The summed E-state index contributed by atoms with van der Waals surface area (Å²) in [6.45, 7) is 0. The lowest BCUT2D eigenvalue weighted by molar-refractivity contribution is -0.143. The van der Waals surface area contributed by atoms with Crippen LogP contribution in [0.25, 0.3) is 6.08 Å². The summed E-state index contributed by atoms with van der Waals surface area (Å²) in [4.78, 5) is 0. The molecule has 0 spiro atoms. The van der Waals surface area contributed by atoms with Crippen molar-refractivity contribution in [1.29, 1.82) is 0 Å². The summed E-state index contributed by atoms with van der Waals surface area (Å²) in [6.07, 6.45) is -9.10. The molecule has 0 saturated carbocycles. The van der Waals surface area contributed by atoms with E-state index in [-0.39, 0.29) is 11.6 Å². The minimum absolute atomic E-state index is 0.0451. The Hall–Kier alpha value is -2.32. The third kappa shape index (κ3) is 5.09. The Bertz CT molecular complexity index is 735. The molecule has 2 atom stereocenters. The standard InChI is InChI=1S/C18H15F6NO/c19-17(20,21)13-8-11(9-14(10-13)18(22,23)24)6-7-15(26)16(25)12-4-2-1-3-5-12/h1-10,15-16,26H,25H2. The largest absolute Gasteiger partial charge is 0.416 e. The lowest BCUT2D eigenvalue weighted by Gasteiger charge is -2.16. The van der Waals surface area contributed by atoms with Crippen LogP contribution in [-0.4, -0.2) is 11.2 Å². The van der Waals surface area contributed by atoms with Crippen LogP contribution in [0.4, 0.5) is 26.3 Å². The van der Waals surface area contributed by atoms with Crippen LogP contribution in [0.3, 0.4) is 0 Å². The number of rotatable bonds is 4. The number of hydrogen-bond donors (Lipinski definition) is 2. The quantitative estimate of drug-likeness (QED) is 0.755. The Labute approximate surface area is 145 Å². The van der Waals surface area contributed by atoms with Crippen molar-refractivity contribution in [3.63, 3.8) is 0 Å². The molecule has 0 bridgehead atoms. The molecule has 0 amide bonds. The van der Waals surface area contributed by atoms with E-state index in [1.807, 2.05) is 0 Å². The second-order valence-corrected chi connectivity index (χ2v) is 5.63. The van der Waals surface area contributed by atoms with Gasteiger partial charge >= 0.3 is 12.4 Å². The first-order chi connectivity index (χ1) is 12.0. The van der Waals surface area contributed by atoms with Crippen LogP contribution in [0.5, 0.6) is 0 Å². The molecular weight excluding hydrogens is 360 g/mol. The van der Waals surface area contributed by atoms with E-state index in [9.17, 15) is 31.4 Å². The first kappa shape index (κ1) is 20.0. The van der Waals surface area contributed by atoms with E-state index < -0.39 is 35.6 Å². The van der Waals surface area contributed by atoms with Crippen LogP contribution in [0, 0.1) is 0 Å². The molecule has 0 fully saturated rings. The number of aliphatic hydroxyl groups is 1. The smallest absolute Gasteiger partial charge is 0.387 e. The molecule has 0 saturated heterocycles. The Morgan fingerprint density at radius 1 is 0.846 bits per heavy atom. The maximum Gasteiger partial charge on any atom is 0.416 e. The van der Waals surface area contributed by atoms with Crippen LogP contribution in [0.1, 0.15) is 28.3 Å². The Morgan fingerprint density at radius 3 is 1.81 bits per heavy atom. The molecule has 0 aromatic heterocycles. The zero-order chi connectivity index (χ0) is 19.5. The van der Waals surface area contributed by atoms with Gasteiger partial charge in [0.05, 0.1) is 23.3 Å². The highest BCUT2D eigenvalue weighted by Crippen LogP contribution is 2.36. The second-order valence-electron chi connectivity index (χ2n) is 5.63. The van der Waals surface area contributed by atoms with E-state index >= 15 is 0 Å². The highest BCUT2D eigenvalue weighted by atomic mass is 19.4. The molecule has 26 heavy (non-hydrogen) atoms. The summed E-state index contributed by atoms with van der Waals surface area (Å²) in [7, 11) is 0. The van der Waals surface area contributed by atoms with Crippen molar-refractivity contribution in [2.45, 2.75) is 24.5 Å². The summed E-state index contributed by atoms with van der Waals surface area (Å²) in [6, 6.07) is 8.73. The van der Waals surface area contributed by atoms with Crippen LogP contribution >= 0.6 is 0 Å². The van der Waals surface area contributed by atoms with Gasteiger partial charge in [-0.15, -0.1) is 0 Å². The normalized spacial score (nSPS) is 15.2. The molecule has 2 unspecified atom stereocenters. The van der Waals surface area contributed by atoms with Gasteiger partial charge < -0.3 is 10.8 Å². The average Bonchev–Trinajstić information content (AvgIpc) is 2.58. The molecule has 140 valence electrons. The van der Waals surface area contributed by atoms with E-state index in [0.717, 1.165) is 12.2 Å². The van der Waals surface area contributed by atoms with Gasteiger partial charge in [-0.3, -0.25) is 0 Å². The molecule has 0 aliphatic carbocycles. The van der Waals surface area contributed by atoms with Crippen LogP contribution in [0.2, 0.25) is 0 Å². The van der Waals surface area contributed by atoms with Crippen LogP contribution in [0.15, 0.2) is 54.6 Å². The lowest BCUT2D eigenvalue weighted by atomic mass is 10.00. The Kier molecular flexibility index (Phi) is 5.77. The summed E-state index contributed by atoms with van der Waals surface area (Å²) in [5.74, 6) is 0. The average molecular weight is 375 g/mol. The number of hydrogen-bond acceptors (Lipinski definition) is 2. The summed E-state index contributed by atoms with van der Waals surface area (Å²) < 4.78 is 76.9. The molecular formula is C18H15F6NO. The predicted octanol–water partition coefficient (Wildman–Crippen LogP) is 4.80. The number of aliphatic hydroxyl groups excluding tert-OH is 1. The fourth-order valence-electron chi connectivity index (χ4n) is 2.28. The van der Waals surface area contributed by atoms with E-state index in [2.05, 4.69) is 0 Å². The van der Waals surface area contributed by atoms with Crippen molar-refractivity contribution in [3.05, 3.63) is 76.9 Å². The maximum atomic E-state index is 12.8. The minimum atomic E-state index is -4.93. The van der Waals surface area contributed by atoms with Gasteiger partial charge in [0.2, 0.25) is 0 Å². The zero-order valence-electron chi connectivity index (χ0n) is 13.2. The van der Waals surface area contributed by atoms with Gasteiger partial charge in [-0.1, -0.05) is 42.5 Å². The molecule has 2 nitrogen and oxygen atoms in total. The first-order valence-electron chi connectivity index (χ1n) is 7.45. The molecule has 3 N–H and O–H groups in total. The van der Waals surface area contributed by atoms with Gasteiger partial charge in [-0.2, -0.15) is 26.3 Å². The molecule has 2 rings (SSSR count). The van der Waals surface area contributed by atoms with Crippen molar-refractivity contribution in [3.8, 4) is 0 Å². The second kappa shape index (κ2) is 7.51. The first-order valence-corrected chi connectivity index (χ1v) is 7.45. The van der Waals surface area contributed by atoms with Gasteiger partial charge in [-0.25, -0.2) is 0 Å². The van der Waals surface area contributed by atoms with Crippen molar-refractivity contribution in [2.24, 2.45) is 5.73 Å². The minimum Gasteiger partial charge on any atom is -0.387 e. The third-order valence-corrected chi connectivity index (χ3v) is 3.65. The molecule has 8 heteroatoms. The molecule has 0 heterocycles. The fourth-order valence-corrected chi connectivity index (χ4v) is 2.28. The number of halogens is 6. The summed E-state index contributed by atoms with van der Waals surface area (Å²) in [5.41, 5.74) is 3.23. The van der Waals surface area contributed by atoms with E-state index in [4.69, 9.17) is 5.73 Å². The van der Waals surface area contributed by atoms with Crippen molar-refractivity contribution in [2.75, 3.05) is 0 Å². The fraction of sp³-hybridized carbons (Fsp3) is 0.222.